The Morgan fingerprint density at radius 1 is 1.13 bits per heavy atom. The number of carbonyl (C=O) groups excluding carboxylic acids is 1. The lowest BCUT2D eigenvalue weighted by molar-refractivity contribution is -0.223. The van der Waals surface area contributed by atoms with Gasteiger partial charge in [0.1, 0.15) is 17.2 Å². The number of aryl methyl sites for hydroxylation is 1. The van der Waals surface area contributed by atoms with Crippen molar-refractivity contribution in [2.75, 3.05) is 0 Å². The van der Waals surface area contributed by atoms with Crippen LogP contribution in [0, 0.1) is 29.4 Å². The maximum atomic E-state index is 13.7. The highest BCUT2D eigenvalue weighted by Gasteiger charge is 2.72. The van der Waals surface area contributed by atoms with Crippen LogP contribution in [0.25, 0.3) is 11.0 Å². The molecule has 6 nitrogen and oxygen atoms in total. The Hall–Kier alpha value is -3.16. The van der Waals surface area contributed by atoms with Crippen LogP contribution in [-0.4, -0.2) is 32.1 Å². The van der Waals surface area contributed by atoms with Crippen LogP contribution in [0.1, 0.15) is 42.9 Å². The summed E-state index contributed by atoms with van der Waals surface area (Å²) in [6, 6.07) is 9.06. The lowest BCUT2D eigenvalue weighted by Gasteiger charge is -2.69. The van der Waals surface area contributed by atoms with Crippen molar-refractivity contribution in [1.29, 1.82) is 0 Å². The Bertz CT molecular complexity index is 1230. The molecule has 4 aliphatic rings. The van der Waals surface area contributed by atoms with Crippen molar-refractivity contribution in [1.82, 2.24) is 20.0 Å². The van der Waals surface area contributed by atoms with Gasteiger partial charge in [-0.1, -0.05) is 11.3 Å². The number of halogens is 2. The molecule has 8 heteroatoms. The van der Waals surface area contributed by atoms with Gasteiger partial charge in [0.05, 0.1) is 17.0 Å². The van der Waals surface area contributed by atoms with Gasteiger partial charge in [-0.2, -0.15) is 5.10 Å². The highest BCUT2D eigenvalue weighted by molar-refractivity contribution is 5.88. The Balaban J connectivity index is 1.18. The van der Waals surface area contributed by atoms with E-state index in [1.165, 1.54) is 17.1 Å². The summed E-state index contributed by atoms with van der Waals surface area (Å²) in [5.74, 6) is -1.33. The van der Waals surface area contributed by atoms with Crippen LogP contribution in [0.3, 0.4) is 0 Å². The minimum absolute atomic E-state index is 0.0446. The van der Waals surface area contributed by atoms with Crippen LogP contribution in [0.5, 0.6) is 0 Å². The van der Waals surface area contributed by atoms with E-state index in [0.717, 1.165) is 48.5 Å². The summed E-state index contributed by atoms with van der Waals surface area (Å²) in [7, 11) is 0. The molecular weight excluding hydrogens is 400 g/mol. The molecule has 158 valence electrons. The Labute approximate surface area is 177 Å². The molecule has 3 saturated carbocycles. The van der Waals surface area contributed by atoms with E-state index in [4.69, 9.17) is 0 Å². The van der Waals surface area contributed by atoms with Gasteiger partial charge in [0, 0.05) is 25.2 Å². The summed E-state index contributed by atoms with van der Waals surface area (Å²) in [5.41, 5.74) is 3.12. The van der Waals surface area contributed by atoms with Crippen molar-refractivity contribution in [3.05, 3.63) is 59.2 Å². The van der Waals surface area contributed by atoms with E-state index in [1.807, 2.05) is 23.7 Å². The third-order valence-electron chi connectivity index (χ3n) is 7.06. The number of aromatic nitrogens is 3. The highest BCUT2D eigenvalue weighted by atomic mass is 19.1. The summed E-state index contributed by atoms with van der Waals surface area (Å²) in [4.78, 5) is 13.3. The second kappa shape index (κ2) is 6.18. The van der Waals surface area contributed by atoms with Gasteiger partial charge in [-0.25, -0.2) is 18.5 Å². The van der Waals surface area contributed by atoms with Crippen molar-refractivity contribution in [3.8, 4) is 0 Å². The molecule has 3 aliphatic carbocycles. The number of rotatable bonds is 4. The van der Waals surface area contributed by atoms with Crippen LogP contribution in [0.4, 0.5) is 8.78 Å². The molecule has 3 fully saturated rings. The largest absolute Gasteiger partial charge is 0.272 e. The minimum atomic E-state index is -0.644. The average molecular weight is 421 g/mol. The third-order valence-corrected chi connectivity index (χ3v) is 7.06. The van der Waals surface area contributed by atoms with Gasteiger partial charge < -0.3 is 0 Å². The summed E-state index contributed by atoms with van der Waals surface area (Å²) < 4.78 is 29.3. The Morgan fingerprint density at radius 3 is 2.61 bits per heavy atom. The Morgan fingerprint density at radius 2 is 1.87 bits per heavy atom. The van der Waals surface area contributed by atoms with Gasteiger partial charge >= 0.3 is 0 Å². The lowest BCUT2D eigenvalue weighted by Crippen LogP contribution is -2.68. The molecule has 7 rings (SSSR count). The number of hydrazone groups is 1. The van der Waals surface area contributed by atoms with Crippen LogP contribution in [0.15, 0.2) is 41.5 Å². The van der Waals surface area contributed by atoms with Gasteiger partial charge in [0.15, 0.2) is 0 Å². The van der Waals surface area contributed by atoms with Crippen LogP contribution in [0.2, 0.25) is 0 Å². The van der Waals surface area contributed by atoms with Crippen molar-refractivity contribution in [2.45, 2.75) is 45.2 Å². The summed E-state index contributed by atoms with van der Waals surface area (Å²) in [6.45, 7) is 2.77. The smallest absolute Gasteiger partial charge is 0.249 e. The zero-order valence-corrected chi connectivity index (χ0v) is 17.1. The van der Waals surface area contributed by atoms with E-state index in [2.05, 4.69) is 21.5 Å². The summed E-state index contributed by atoms with van der Waals surface area (Å²) >= 11 is 0. The molecular formula is C23H21F2N5O. The fourth-order valence-corrected chi connectivity index (χ4v) is 5.81. The first-order valence-corrected chi connectivity index (χ1v) is 10.5. The zero-order chi connectivity index (χ0) is 21.4. The van der Waals surface area contributed by atoms with Crippen LogP contribution >= 0.6 is 0 Å². The molecule has 1 aromatic heterocycles. The maximum Gasteiger partial charge on any atom is 0.249 e. The maximum absolute atomic E-state index is 13.7. The van der Waals surface area contributed by atoms with Gasteiger partial charge in [0.2, 0.25) is 5.91 Å². The monoisotopic (exact) mass is 421 g/mol. The van der Waals surface area contributed by atoms with Crippen molar-refractivity contribution >= 4 is 23.2 Å². The van der Waals surface area contributed by atoms with Crippen LogP contribution < -0.4 is 0 Å². The van der Waals surface area contributed by atoms with E-state index >= 15 is 0 Å². The number of benzene rings is 2. The first-order chi connectivity index (χ1) is 14.9. The fourth-order valence-electron chi connectivity index (χ4n) is 5.81. The first kappa shape index (κ1) is 18.6. The highest BCUT2D eigenvalue weighted by Crippen LogP contribution is 2.74. The third kappa shape index (κ3) is 2.73. The number of fused-ring (bicyclic) bond motifs is 1. The molecule has 2 bridgehead atoms. The fraction of sp³-hybridized carbons (Fsp3) is 0.391. The Kier molecular flexibility index (Phi) is 3.71. The van der Waals surface area contributed by atoms with Crippen molar-refractivity contribution < 1.29 is 13.6 Å². The molecule has 31 heavy (non-hydrogen) atoms. The van der Waals surface area contributed by atoms with Gasteiger partial charge in [0.25, 0.3) is 0 Å². The second-order valence-electron chi connectivity index (χ2n) is 9.45. The zero-order valence-electron chi connectivity index (χ0n) is 17.1. The van der Waals surface area contributed by atoms with E-state index < -0.39 is 23.1 Å². The molecule has 3 aromatic rings. The molecule has 0 spiro atoms. The molecule has 2 aromatic carbocycles. The van der Waals surface area contributed by atoms with Crippen LogP contribution in [-0.2, 0) is 11.3 Å². The second-order valence-corrected chi connectivity index (χ2v) is 9.45. The molecule has 0 saturated heterocycles. The van der Waals surface area contributed by atoms with Crippen molar-refractivity contribution in [3.63, 3.8) is 0 Å². The SMILES string of the molecule is Cc1ccc2c(c1)nnn2CC12CC(C(=O)N3N=CCC3c3cc(F)cc(F)c3)(C1)C2. The predicted molar refractivity (Wildman–Crippen MR) is 110 cm³/mol. The van der Waals surface area contributed by atoms with E-state index in [9.17, 15) is 13.6 Å². The van der Waals surface area contributed by atoms with E-state index in [-0.39, 0.29) is 11.3 Å². The molecule has 0 radical (unpaired) electrons. The summed E-state index contributed by atoms with van der Waals surface area (Å²) in [6.07, 6.45) is 4.45. The predicted octanol–water partition coefficient (Wildman–Crippen LogP) is 4.15. The van der Waals surface area contributed by atoms with E-state index in [0.29, 0.717) is 12.0 Å². The summed E-state index contributed by atoms with van der Waals surface area (Å²) in [5, 5.41) is 14.3. The molecule has 0 N–H and O–H groups in total. The molecule has 1 atom stereocenters. The molecule has 1 unspecified atom stereocenters. The molecule has 1 amide bonds. The quantitative estimate of drug-likeness (QED) is 0.636. The minimum Gasteiger partial charge on any atom is -0.272 e. The number of nitrogens with zero attached hydrogens (tertiary/aromatic N) is 5. The molecule has 1 aliphatic heterocycles. The number of hydrogen-bond donors (Lipinski definition) is 0. The molecule has 2 heterocycles. The lowest BCUT2D eigenvalue weighted by atomic mass is 9.34. The van der Waals surface area contributed by atoms with Gasteiger partial charge in [-0.15, -0.1) is 5.10 Å². The standard InChI is InChI=1S/C23H21F2N5O/c1-14-2-3-20-18(6-14)27-28-29(20)13-22-10-23(11-22,12-22)21(31)30-19(4-5-26-30)15-7-16(24)9-17(25)8-15/h2-3,5-9,19H,4,10-13H2,1H3. The average Bonchev–Trinajstić information content (AvgIpc) is 3.29. The number of hydrogen-bond acceptors (Lipinski definition) is 4. The van der Waals surface area contributed by atoms with Crippen molar-refractivity contribution in [2.24, 2.45) is 15.9 Å². The topological polar surface area (TPSA) is 63.4 Å². The first-order valence-electron chi connectivity index (χ1n) is 10.5. The number of carbonyl (C=O) groups is 1. The van der Waals surface area contributed by atoms with Gasteiger partial charge in [-0.3, -0.25) is 4.79 Å². The van der Waals surface area contributed by atoms with E-state index in [1.54, 1.807) is 6.21 Å². The normalized spacial score (nSPS) is 28.6. The van der Waals surface area contributed by atoms with Gasteiger partial charge in [-0.05, 0) is 67.0 Å². The number of amides is 1.